The molecule has 2 heterocycles. The van der Waals surface area contributed by atoms with E-state index in [-0.39, 0.29) is 35.5 Å². The van der Waals surface area contributed by atoms with Crippen molar-refractivity contribution >= 4 is 21.6 Å². The zero-order valence-electron chi connectivity index (χ0n) is 15.3. The van der Waals surface area contributed by atoms with E-state index < -0.39 is 14.9 Å². The molecular weight excluding hydrogens is 386 g/mol. The number of nitrogens with one attached hydrogen (secondary N) is 1. The Bertz CT molecular complexity index is 962. The Morgan fingerprint density at radius 3 is 2.43 bits per heavy atom. The molecule has 0 radical (unpaired) electrons. The number of carbonyl (C=O) groups is 1. The Labute approximate surface area is 162 Å². The lowest BCUT2D eigenvalue weighted by Crippen LogP contribution is -2.42. The van der Waals surface area contributed by atoms with Gasteiger partial charge in [0, 0.05) is 44.4 Å². The van der Waals surface area contributed by atoms with Crippen molar-refractivity contribution in [2.45, 2.75) is 24.3 Å². The highest BCUT2D eigenvalue weighted by atomic mass is 32.2. The van der Waals surface area contributed by atoms with Crippen molar-refractivity contribution in [1.82, 2.24) is 19.4 Å². The smallest absolute Gasteiger partial charge is 0.269 e. The van der Waals surface area contributed by atoms with Crippen molar-refractivity contribution < 1.29 is 18.1 Å². The van der Waals surface area contributed by atoms with Crippen LogP contribution in [0.2, 0.25) is 0 Å². The number of nitro groups is 1. The lowest BCUT2D eigenvalue weighted by atomic mass is 9.97. The van der Waals surface area contributed by atoms with Gasteiger partial charge in [-0.3, -0.25) is 19.6 Å². The number of hydrogen-bond acceptors (Lipinski definition) is 6. The molecule has 1 fully saturated rings. The van der Waals surface area contributed by atoms with Crippen LogP contribution in [-0.2, 0) is 28.4 Å². The Morgan fingerprint density at radius 2 is 1.89 bits per heavy atom. The van der Waals surface area contributed by atoms with Gasteiger partial charge in [-0.15, -0.1) is 0 Å². The highest BCUT2D eigenvalue weighted by Gasteiger charge is 2.32. The van der Waals surface area contributed by atoms with E-state index in [1.807, 2.05) is 6.07 Å². The first-order valence-corrected chi connectivity index (χ1v) is 10.2. The fourth-order valence-corrected chi connectivity index (χ4v) is 4.61. The first-order chi connectivity index (χ1) is 13.3. The molecule has 0 unspecified atom stereocenters. The quantitative estimate of drug-likeness (QED) is 0.563. The monoisotopic (exact) mass is 407 g/mol. The Kier molecular flexibility index (Phi) is 5.75. The number of amides is 1. The van der Waals surface area contributed by atoms with Crippen molar-refractivity contribution in [2.75, 3.05) is 13.1 Å². The van der Waals surface area contributed by atoms with Crippen LogP contribution in [0.4, 0.5) is 5.69 Å². The van der Waals surface area contributed by atoms with Crippen molar-refractivity contribution in [2.24, 2.45) is 13.0 Å². The van der Waals surface area contributed by atoms with E-state index in [2.05, 4.69) is 10.4 Å². The van der Waals surface area contributed by atoms with Crippen molar-refractivity contribution in [1.29, 1.82) is 0 Å². The highest BCUT2D eigenvalue weighted by Crippen LogP contribution is 2.25. The van der Waals surface area contributed by atoms with Gasteiger partial charge in [0.15, 0.2) is 0 Å². The summed E-state index contributed by atoms with van der Waals surface area (Å²) in [4.78, 5) is 22.5. The molecule has 0 atom stereocenters. The topological polar surface area (TPSA) is 127 Å². The maximum absolute atomic E-state index is 12.7. The normalized spacial score (nSPS) is 16.0. The lowest BCUT2D eigenvalue weighted by Gasteiger charge is -2.30. The van der Waals surface area contributed by atoms with E-state index in [0.29, 0.717) is 19.4 Å². The molecule has 2 aromatic rings. The molecule has 11 heteroatoms. The van der Waals surface area contributed by atoms with E-state index in [9.17, 15) is 23.3 Å². The molecule has 1 aliphatic rings. The van der Waals surface area contributed by atoms with Gasteiger partial charge in [-0.05, 0) is 31.0 Å². The first-order valence-electron chi connectivity index (χ1n) is 8.78. The minimum absolute atomic E-state index is 0.0113. The number of sulfonamides is 1. The summed E-state index contributed by atoms with van der Waals surface area (Å²) < 4.78 is 28.4. The van der Waals surface area contributed by atoms with Crippen molar-refractivity contribution in [3.63, 3.8) is 0 Å². The average molecular weight is 407 g/mol. The van der Waals surface area contributed by atoms with Crippen molar-refractivity contribution in [3.8, 4) is 0 Å². The highest BCUT2D eigenvalue weighted by molar-refractivity contribution is 7.89. The number of aryl methyl sites for hydroxylation is 1. The molecule has 1 amide bonds. The van der Waals surface area contributed by atoms with Crippen LogP contribution in [0.25, 0.3) is 0 Å². The number of piperidine rings is 1. The predicted molar refractivity (Wildman–Crippen MR) is 99.6 cm³/mol. The molecular formula is C17H21N5O5S. The maximum atomic E-state index is 12.7. The minimum atomic E-state index is -3.74. The van der Waals surface area contributed by atoms with E-state index >= 15 is 0 Å². The molecule has 1 aromatic carbocycles. The van der Waals surface area contributed by atoms with Gasteiger partial charge in [0.2, 0.25) is 15.9 Å². The number of carbonyl (C=O) groups excluding carboxylic acids is 1. The third kappa shape index (κ3) is 4.20. The summed E-state index contributed by atoms with van der Waals surface area (Å²) in [5, 5.41) is 17.6. The zero-order valence-corrected chi connectivity index (χ0v) is 16.1. The summed E-state index contributed by atoms with van der Waals surface area (Å²) in [5.41, 5.74) is 0.717. The third-order valence-corrected chi connectivity index (χ3v) is 6.79. The van der Waals surface area contributed by atoms with Crippen LogP contribution in [0.5, 0.6) is 0 Å². The maximum Gasteiger partial charge on any atom is 0.269 e. The van der Waals surface area contributed by atoms with E-state index in [1.54, 1.807) is 17.9 Å². The number of rotatable bonds is 6. The fraction of sp³-hybridized carbons (Fsp3) is 0.412. The summed E-state index contributed by atoms with van der Waals surface area (Å²) in [6.07, 6.45) is 2.50. The predicted octanol–water partition coefficient (Wildman–Crippen LogP) is 1.05. The van der Waals surface area contributed by atoms with Crippen LogP contribution in [0.15, 0.2) is 41.4 Å². The van der Waals surface area contributed by atoms with Gasteiger partial charge in [-0.2, -0.15) is 9.40 Å². The summed E-state index contributed by atoms with van der Waals surface area (Å²) >= 11 is 0. The van der Waals surface area contributed by atoms with Gasteiger partial charge in [-0.1, -0.05) is 0 Å². The SMILES string of the molecule is Cn1nccc1CNC(=O)C1CCN(S(=O)(=O)c2ccc([N+](=O)[O-])cc2)CC1. The largest absolute Gasteiger partial charge is 0.350 e. The number of aromatic nitrogens is 2. The number of hydrogen-bond donors (Lipinski definition) is 1. The molecule has 1 aliphatic heterocycles. The summed E-state index contributed by atoms with van der Waals surface area (Å²) in [7, 11) is -1.94. The molecule has 0 spiro atoms. The second-order valence-corrected chi connectivity index (χ2v) is 8.53. The average Bonchev–Trinajstić information content (AvgIpc) is 3.11. The van der Waals surface area contributed by atoms with Gasteiger partial charge < -0.3 is 5.32 Å². The van der Waals surface area contributed by atoms with Gasteiger partial charge in [0.05, 0.1) is 22.1 Å². The molecule has 1 saturated heterocycles. The Balaban J connectivity index is 1.57. The van der Waals surface area contributed by atoms with Crippen molar-refractivity contribution in [3.05, 3.63) is 52.3 Å². The number of nitro benzene ring substituents is 1. The molecule has 0 bridgehead atoms. The number of benzene rings is 1. The van der Waals surface area contributed by atoms with Gasteiger partial charge in [-0.25, -0.2) is 8.42 Å². The van der Waals surface area contributed by atoms with Crippen LogP contribution in [0.3, 0.4) is 0 Å². The standard InChI is InChI=1S/C17H21N5O5S/c1-20-15(6-9-19-20)12-18-17(23)13-7-10-21(11-8-13)28(26,27)16-4-2-14(3-5-16)22(24)25/h2-6,9,13H,7-8,10-12H2,1H3,(H,18,23). The number of non-ortho nitro benzene ring substituents is 1. The van der Waals surface area contributed by atoms with E-state index in [4.69, 9.17) is 0 Å². The Hall–Kier alpha value is -2.79. The first kappa shape index (κ1) is 20.0. The molecule has 10 nitrogen and oxygen atoms in total. The Morgan fingerprint density at radius 1 is 1.25 bits per heavy atom. The molecule has 0 aliphatic carbocycles. The van der Waals surface area contributed by atoms with Crippen LogP contribution in [0, 0.1) is 16.0 Å². The molecule has 3 rings (SSSR count). The van der Waals surface area contributed by atoms with Gasteiger partial charge in [0.1, 0.15) is 0 Å². The molecule has 28 heavy (non-hydrogen) atoms. The van der Waals surface area contributed by atoms with Crippen LogP contribution in [-0.4, -0.2) is 46.4 Å². The fourth-order valence-electron chi connectivity index (χ4n) is 3.14. The third-order valence-electron chi connectivity index (χ3n) is 4.88. The summed E-state index contributed by atoms with van der Waals surface area (Å²) in [6.45, 7) is 0.822. The second kappa shape index (κ2) is 8.07. The van der Waals surface area contributed by atoms with Crippen LogP contribution >= 0.6 is 0 Å². The number of nitrogens with zero attached hydrogens (tertiary/aromatic N) is 4. The molecule has 1 aromatic heterocycles. The zero-order chi connectivity index (χ0) is 20.3. The second-order valence-electron chi connectivity index (χ2n) is 6.59. The van der Waals surface area contributed by atoms with E-state index in [1.165, 1.54) is 28.6 Å². The van der Waals surface area contributed by atoms with Gasteiger partial charge in [0.25, 0.3) is 5.69 Å². The van der Waals surface area contributed by atoms with Crippen LogP contribution < -0.4 is 5.32 Å². The molecule has 150 valence electrons. The summed E-state index contributed by atoms with van der Waals surface area (Å²) in [5.74, 6) is -0.356. The van der Waals surface area contributed by atoms with E-state index in [0.717, 1.165) is 5.69 Å². The molecule has 1 N–H and O–H groups in total. The van der Waals surface area contributed by atoms with Gasteiger partial charge >= 0.3 is 0 Å². The van der Waals surface area contributed by atoms with Crippen LogP contribution in [0.1, 0.15) is 18.5 Å². The minimum Gasteiger partial charge on any atom is -0.350 e. The molecule has 0 saturated carbocycles. The lowest BCUT2D eigenvalue weighted by molar-refractivity contribution is -0.384. The summed E-state index contributed by atoms with van der Waals surface area (Å²) in [6, 6.07) is 6.64.